The van der Waals surface area contributed by atoms with Crippen LogP contribution >= 0.6 is 11.6 Å². The van der Waals surface area contributed by atoms with E-state index in [-0.39, 0.29) is 5.02 Å². The van der Waals surface area contributed by atoms with Gasteiger partial charge in [0.2, 0.25) is 0 Å². The van der Waals surface area contributed by atoms with Crippen molar-refractivity contribution in [3.05, 3.63) is 58.6 Å². The fraction of sp³-hybridized carbons (Fsp3) is 0.190. The predicted molar refractivity (Wildman–Crippen MR) is 109 cm³/mol. The van der Waals surface area contributed by atoms with Gasteiger partial charge in [0, 0.05) is 11.8 Å². The largest absolute Gasteiger partial charge is 0.493 e. The van der Waals surface area contributed by atoms with Crippen molar-refractivity contribution in [1.29, 1.82) is 5.26 Å². The van der Waals surface area contributed by atoms with Gasteiger partial charge in [-0.15, -0.1) is 0 Å². The van der Waals surface area contributed by atoms with Gasteiger partial charge >= 0.3 is 5.97 Å². The number of methoxy groups -OCH3 is 2. The average Bonchev–Trinajstić information content (AvgIpc) is 2.72. The molecule has 0 heterocycles. The maximum Gasteiger partial charge on any atom is 0.331 e. The van der Waals surface area contributed by atoms with Gasteiger partial charge in [-0.3, -0.25) is 4.79 Å². The van der Waals surface area contributed by atoms with Crippen molar-refractivity contribution in [2.75, 3.05) is 19.5 Å². The van der Waals surface area contributed by atoms with Gasteiger partial charge in [-0.25, -0.2) is 4.79 Å². The Hall–Kier alpha value is -3.50. The van der Waals surface area contributed by atoms with E-state index in [0.29, 0.717) is 28.3 Å². The van der Waals surface area contributed by atoms with Gasteiger partial charge in [-0.1, -0.05) is 17.7 Å². The Morgan fingerprint density at radius 3 is 2.48 bits per heavy atom. The minimum absolute atomic E-state index is 0.216. The van der Waals surface area contributed by atoms with Crippen LogP contribution in [0.1, 0.15) is 18.1 Å². The molecule has 1 atom stereocenters. The Bertz CT molecular complexity index is 982. The first kappa shape index (κ1) is 21.8. The molecule has 150 valence electrons. The van der Waals surface area contributed by atoms with E-state index in [1.807, 2.05) is 6.07 Å². The van der Waals surface area contributed by atoms with Crippen LogP contribution in [0.2, 0.25) is 5.02 Å². The first-order valence-electron chi connectivity index (χ1n) is 8.49. The Labute approximate surface area is 173 Å². The lowest BCUT2D eigenvalue weighted by Crippen LogP contribution is -2.29. The number of hydrogen-bond donors (Lipinski definition) is 1. The summed E-state index contributed by atoms with van der Waals surface area (Å²) >= 11 is 5.93. The van der Waals surface area contributed by atoms with E-state index in [1.54, 1.807) is 18.2 Å². The van der Waals surface area contributed by atoms with Crippen LogP contribution in [-0.2, 0) is 14.3 Å². The molecular formula is C21H19ClN2O5. The first-order valence-corrected chi connectivity index (χ1v) is 8.87. The van der Waals surface area contributed by atoms with Gasteiger partial charge in [0.1, 0.15) is 6.07 Å². The summed E-state index contributed by atoms with van der Waals surface area (Å²) in [6, 6.07) is 11.6. The molecular weight excluding hydrogens is 396 g/mol. The molecule has 29 heavy (non-hydrogen) atoms. The fourth-order valence-corrected chi connectivity index (χ4v) is 2.54. The summed E-state index contributed by atoms with van der Waals surface area (Å²) in [6.07, 6.45) is 1.71. The molecule has 2 aromatic rings. The van der Waals surface area contributed by atoms with Gasteiger partial charge in [0.25, 0.3) is 5.91 Å². The lowest BCUT2D eigenvalue weighted by atomic mass is 10.2. The van der Waals surface area contributed by atoms with Crippen LogP contribution in [0.5, 0.6) is 11.5 Å². The highest BCUT2D eigenvalue weighted by Crippen LogP contribution is 2.28. The van der Waals surface area contributed by atoms with E-state index in [0.717, 1.165) is 0 Å². The van der Waals surface area contributed by atoms with Gasteiger partial charge in [0.05, 0.1) is 24.8 Å². The van der Waals surface area contributed by atoms with Crippen LogP contribution in [0.15, 0.2) is 42.5 Å². The smallest absolute Gasteiger partial charge is 0.331 e. The van der Waals surface area contributed by atoms with Crippen molar-refractivity contribution < 1.29 is 23.8 Å². The number of benzene rings is 2. The maximum atomic E-state index is 12.2. The van der Waals surface area contributed by atoms with Crippen molar-refractivity contribution >= 4 is 35.2 Å². The zero-order chi connectivity index (χ0) is 21.4. The molecule has 0 aliphatic rings. The summed E-state index contributed by atoms with van der Waals surface area (Å²) in [6.45, 7) is 1.45. The Kier molecular flexibility index (Phi) is 7.63. The van der Waals surface area contributed by atoms with Gasteiger partial charge < -0.3 is 19.5 Å². The van der Waals surface area contributed by atoms with E-state index in [1.165, 1.54) is 51.5 Å². The van der Waals surface area contributed by atoms with Crippen LogP contribution < -0.4 is 14.8 Å². The van der Waals surface area contributed by atoms with Crippen molar-refractivity contribution in [2.24, 2.45) is 0 Å². The Morgan fingerprint density at radius 1 is 1.14 bits per heavy atom. The minimum atomic E-state index is -1.04. The number of halogens is 1. The quantitative estimate of drug-likeness (QED) is 0.546. The number of esters is 1. The zero-order valence-corrected chi connectivity index (χ0v) is 16.8. The van der Waals surface area contributed by atoms with Gasteiger partial charge in [0.15, 0.2) is 17.6 Å². The van der Waals surface area contributed by atoms with E-state index < -0.39 is 18.0 Å². The maximum absolute atomic E-state index is 12.2. The van der Waals surface area contributed by atoms with Crippen LogP contribution in [0, 0.1) is 11.3 Å². The number of hydrogen-bond acceptors (Lipinski definition) is 6. The number of carbonyl (C=O) groups excluding carboxylic acids is 2. The third kappa shape index (κ3) is 5.99. The normalized spacial score (nSPS) is 11.4. The lowest BCUT2D eigenvalue weighted by molar-refractivity contribution is -0.148. The molecule has 8 heteroatoms. The van der Waals surface area contributed by atoms with Crippen molar-refractivity contribution in [1.82, 2.24) is 0 Å². The van der Waals surface area contributed by atoms with Crippen molar-refractivity contribution in [3.63, 3.8) is 0 Å². The summed E-state index contributed by atoms with van der Waals surface area (Å²) in [5.41, 5.74) is 1.39. The summed E-state index contributed by atoms with van der Waals surface area (Å²) in [5.74, 6) is -0.115. The molecule has 0 saturated heterocycles. The van der Waals surface area contributed by atoms with Crippen molar-refractivity contribution in [2.45, 2.75) is 13.0 Å². The highest BCUT2D eigenvalue weighted by Gasteiger charge is 2.17. The lowest BCUT2D eigenvalue weighted by Gasteiger charge is -2.12. The summed E-state index contributed by atoms with van der Waals surface area (Å²) < 4.78 is 15.5. The number of nitrogens with one attached hydrogen (secondary N) is 1. The van der Waals surface area contributed by atoms with E-state index >= 15 is 0 Å². The van der Waals surface area contributed by atoms with Crippen molar-refractivity contribution in [3.8, 4) is 17.6 Å². The summed E-state index contributed by atoms with van der Waals surface area (Å²) in [5, 5.41) is 11.7. The fourth-order valence-electron chi connectivity index (χ4n) is 2.32. The van der Waals surface area contributed by atoms with Crippen LogP contribution in [0.4, 0.5) is 5.69 Å². The molecule has 0 bridgehead atoms. The first-order chi connectivity index (χ1) is 13.9. The number of carbonyl (C=O) groups is 2. The number of nitrogens with zero attached hydrogens (tertiary/aromatic N) is 1. The molecule has 1 N–H and O–H groups in total. The summed E-state index contributed by atoms with van der Waals surface area (Å²) in [4.78, 5) is 24.2. The van der Waals surface area contributed by atoms with Crippen LogP contribution in [0.3, 0.4) is 0 Å². The van der Waals surface area contributed by atoms with E-state index in [4.69, 9.17) is 31.1 Å². The molecule has 1 amide bonds. The summed E-state index contributed by atoms with van der Waals surface area (Å²) in [7, 11) is 3.05. The monoisotopic (exact) mass is 414 g/mol. The van der Waals surface area contributed by atoms with Crippen LogP contribution in [-0.4, -0.2) is 32.2 Å². The van der Waals surface area contributed by atoms with E-state index in [2.05, 4.69) is 5.32 Å². The van der Waals surface area contributed by atoms with Gasteiger partial charge in [-0.2, -0.15) is 5.26 Å². The molecule has 2 aromatic carbocycles. The number of amides is 1. The molecule has 0 fully saturated rings. The van der Waals surface area contributed by atoms with Gasteiger partial charge in [-0.05, 0) is 48.9 Å². The SMILES string of the molecule is COc1ccc(/C=C/C(=O)OC(C)C(=O)Nc2ccc(C#N)c(Cl)c2)cc1OC. The second-order valence-corrected chi connectivity index (χ2v) is 6.23. The second-order valence-electron chi connectivity index (χ2n) is 5.82. The minimum Gasteiger partial charge on any atom is -0.493 e. The second kappa shape index (κ2) is 10.2. The molecule has 0 radical (unpaired) electrons. The molecule has 1 unspecified atom stereocenters. The molecule has 0 aliphatic carbocycles. The predicted octanol–water partition coefficient (Wildman–Crippen LogP) is 3.81. The molecule has 2 rings (SSSR count). The highest BCUT2D eigenvalue weighted by molar-refractivity contribution is 6.32. The topological polar surface area (TPSA) is 97.6 Å². The average molecular weight is 415 g/mol. The molecule has 0 aromatic heterocycles. The molecule has 0 spiro atoms. The number of anilines is 1. The molecule has 7 nitrogen and oxygen atoms in total. The third-order valence-corrected chi connectivity index (χ3v) is 4.15. The Balaban J connectivity index is 1.96. The molecule has 0 saturated carbocycles. The van der Waals surface area contributed by atoms with Crippen LogP contribution in [0.25, 0.3) is 6.08 Å². The van der Waals surface area contributed by atoms with E-state index in [9.17, 15) is 9.59 Å². The number of ether oxygens (including phenoxy) is 3. The standard InChI is InChI=1S/C21H19ClN2O5/c1-13(21(26)24-16-7-6-15(12-23)17(22)11-16)29-20(25)9-5-14-4-8-18(27-2)19(10-14)28-3/h4-11,13H,1-3H3,(H,24,26)/b9-5+. The third-order valence-electron chi connectivity index (χ3n) is 3.84. The number of nitriles is 1. The molecule has 0 aliphatic heterocycles. The number of rotatable bonds is 7. The Morgan fingerprint density at radius 2 is 1.86 bits per heavy atom. The highest BCUT2D eigenvalue weighted by atomic mass is 35.5. The zero-order valence-electron chi connectivity index (χ0n) is 16.1.